The average molecular weight is 578 g/mol. The quantitative estimate of drug-likeness (QED) is 0.196. The monoisotopic (exact) mass is 576 g/mol. The second-order valence-corrected chi connectivity index (χ2v) is 6.77. The second-order valence-electron chi connectivity index (χ2n) is 5.29. The lowest BCUT2D eigenvalue weighted by Crippen LogP contribution is -2.61. The summed E-state index contributed by atoms with van der Waals surface area (Å²) < 4.78 is 145. The van der Waals surface area contributed by atoms with Crippen LogP contribution >= 0.6 is 39.1 Å². The molecule has 0 bridgehead atoms. The van der Waals surface area contributed by atoms with Gasteiger partial charge in [-0.25, -0.2) is 0 Å². The largest absolute Gasteiger partial charge is 0.460 e. The molecule has 0 aliphatic rings. The summed E-state index contributed by atoms with van der Waals surface area (Å²) in [6, 6.07) is -2.42. The van der Waals surface area contributed by atoms with E-state index in [-0.39, 0.29) is 0 Å². The van der Waals surface area contributed by atoms with Gasteiger partial charge in [0.1, 0.15) is 5.75 Å². The molecule has 0 spiro atoms. The average Bonchev–Trinajstić information content (AvgIpc) is 2.60. The minimum Gasteiger partial charge on any atom is -0.428 e. The number of ether oxygens (including phenoxy) is 1. The van der Waals surface area contributed by atoms with Gasteiger partial charge in [0.25, 0.3) is 10.5 Å². The van der Waals surface area contributed by atoms with Crippen molar-refractivity contribution in [1.29, 1.82) is 0 Å². The normalized spacial score (nSPS) is 14.3. The van der Waals surface area contributed by atoms with Crippen molar-refractivity contribution < 1.29 is 62.6 Å². The molecule has 3 nitrogen and oxygen atoms in total. The van der Waals surface area contributed by atoms with Gasteiger partial charge in [-0.1, -0.05) is 0 Å². The summed E-state index contributed by atoms with van der Waals surface area (Å²) >= 11 is 12.7. The fourth-order valence-corrected chi connectivity index (χ4v) is 2.57. The molecule has 1 aromatic carbocycles. The number of carbonyl (C=O) groups excluding carboxylic acids is 2. The molecule has 0 atom stereocenters. The Hall–Kier alpha value is -1.61. The predicted octanol–water partition coefficient (Wildman–Crippen LogP) is 7.16. The summed E-state index contributed by atoms with van der Waals surface area (Å²) in [4.78, 5) is 22.4. The first-order valence-electron chi connectivity index (χ1n) is 6.87. The van der Waals surface area contributed by atoms with Crippen LogP contribution in [0, 0.1) is 0 Å². The van der Waals surface area contributed by atoms with Crippen molar-refractivity contribution in [2.75, 3.05) is 0 Å². The molecule has 0 aliphatic carbocycles. The number of carbonyl (C=O) groups is 2. The highest BCUT2D eigenvalue weighted by Gasteiger charge is 2.83. The molecule has 0 N–H and O–H groups in total. The molecule has 0 aliphatic heterocycles. The summed E-state index contributed by atoms with van der Waals surface area (Å²) in [5, 5.41) is -2.81. The van der Waals surface area contributed by atoms with Crippen LogP contribution in [0.4, 0.5) is 48.3 Å². The van der Waals surface area contributed by atoms with Gasteiger partial charge >= 0.3 is 30.0 Å². The summed E-state index contributed by atoms with van der Waals surface area (Å²) in [5.74, 6) is -27.5. The molecule has 0 radical (unpaired) electrons. The standard InChI is InChI=1S/C14H2BrCl2F11O3/c15-6-4(9(17)30)1-3(8(16)29)2-5(6)31-10(19)7(18)11(20,21)12(22,23)13(24,25)14(26,27)28/h1-2H. The molecule has 0 saturated carbocycles. The third-order valence-electron chi connectivity index (χ3n) is 3.27. The number of rotatable bonds is 7. The van der Waals surface area contributed by atoms with Crippen LogP contribution in [0.1, 0.15) is 20.7 Å². The van der Waals surface area contributed by atoms with Gasteiger partial charge in [0, 0.05) is 5.56 Å². The van der Waals surface area contributed by atoms with Gasteiger partial charge in [-0.15, -0.1) is 0 Å². The van der Waals surface area contributed by atoms with Crippen LogP contribution in [0.2, 0.25) is 0 Å². The van der Waals surface area contributed by atoms with E-state index in [2.05, 4.69) is 20.7 Å². The predicted molar refractivity (Wildman–Crippen MR) is 85.3 cm³/mol. The third kappa shape index (κ3) is 4.92. The van der Waals surface area contributed by atoms with E-state index in [0.29, 0.717) is 12.1 Å². The van der Waals surface area contributed by atoms with E-state index in [4.69, 9.17) is 23.2 Å². The van der Waals surface area contributed by atoms with E-state index < -0.39 is 67.6 Å². The zero-order chi connectivity index (χ0) is 24.7. The van der Waals surface area contributed by atoms with E-state index in [0.717, 1.165) is 0 Å². The minimum absolute atomic E-state index is 0.343. The fourth-order valence-electron chi connectivity index (χ4n) is 1.71. The molecular formula is C14H2BrCl2F11O3. The number of hydrogen-bond acceptors (Lipinski definition) is 3. The van der Waals surface area contributed by atoms with Crippen LogP contribution < -0.4 is 4.74 Å². The Morgan fingerprint density at radius 1 is 0.839 bits per heavy atom. The number of alkyl halides is 9. The van der Waals surface area contributed by atoms with Gasteiger partial charge in [-0.05, 0) is 51.3 Å². The van der Waals surface area contributed by atoms with E-state index >= 15 is 0 Å². The summed E-state index contributed by atoms with van der Waals surface area (Å²) in [6.45, 7) is 0. The Morgan fingerprint density at radius 3 is 1.71 bits per heavy atom. The highest BCUT2D eigenvalue weighted by molar-refractivity contribution is 9.10. The first kappa shape index (κ1) is 27.4. The summed E-state index contributed by atoms with van der Waals surface area (Å²) in [6.07, 6.45) is -7.27. The molecule has 0 unspecified atom stereocenters. The third-order valence-corrected chi connectivity index (χ3v) is 4.51. The zero-order valence-electron chi connectivity index (χ0n) is 13.7. The van der Waals surface area contributed by atoms with E-state index in [1.807, 2.05) is 0 Å². The van der Waals surface area contributed by atoms with E-state index in [9.17, 15) is 57.9 Å². The Balaban J connectivity index is 3.58. The van der Waals surface area contributed by atoms with Crippen molar-refractivity contribution in [3.63, 3.8) is 0 Å². The molecule has 0 amide bonds. The van der Waals surface area contributed by atoms with Gasteiger partial charge in [0.15, 0.2) is 0 Å². The Kier molecular flexibility index (Phi) is 7.72. The molecule has 1 rings (SSSR count). The smallest absolute Gasteiger partial charge is 0.428 e. The van der Waals surface area contributed by atoms with Crippen LogP contribution in [0.5, 0.6) is 5.75 Å². The highest BCUT2D eigenvalue weighted by atomic mass is 79.9. The van der Waals surface area contributed by atoms with Gasteiger partial charge < -0.3 is 4.74 Å². The number of allylic oxidation sites excluding steroid dienone is 1. The Labute approximate surface area is 181 Å². The number of hydrogen-bond donors (Lipinski definition) is 0. The van der Waals surface area contributed by atoms with Crippen LogP contribution in [-0.4, -0.2) is 34.4 Å². The van der Waals surface area contributed by atoms with Crippen molar-refractivity contribution >= 4 is 49.6 Å². The Bertz CT molecular complexity index is 944. The van der Waals surface area contributed by atoms with Gasteiger partial charge in [-0.3, -0.25) is 9.59 Å². The Morgan fingerprint density at radius 2 is 1.32 bits per heavy atom. The molecule has 1 aromatic rings. The van der Waals surface area contributed by atoms with Crippen molar-refractivity contribution in [3.05, 3.63) is 39.6 Å². The van der Waals surface area contributed by atoms with Crippen LogP contribution in [-0.2, 0) is 0 Å². The van der Waals surface area contributed by atoms with Crippen molar-refractivity contribution in [3.8, 4) is 5.75 Å². The fraction of sp³-hybridized carbons (Fsp3) is 0.286. The first-order chi connectivity index (χ1) is 13.7. The SMILES string of the molecule is O=C(Cl)c1cc(OC(F)=C(F)C(F)(F)C(F)(F)C(F)(F)C(F)(F)F)c(Br)c(C(=O)Cl)c1. The maximum absolute atomic E-state index is 13.7. The molecule has 0 saturated heterocycles. The van der Waals surface area contributed by atoms with Crippen molar-refractivity contribution in [2.45, 2.75) is 23.9 Å². The molecule has 17 heteroatoms. The maximum atomic E-state index is 13.7. The molecule has 0 heterocycles. The molecule has 174 valence electrons. The summed E-state index contributed by atoms with van der Waals surface area (Å²) in [5.41, 5.74) is -1.52. The number of benzene rings is 1. The van der Waals surface area contributed by atoms with Crippen LogP contribution in [0.15, 0.2) is 28.4 Å². The number of halogens is 14. The van der Waals surface area contributed by atoms with Crippen molar-refractivity contribution in [2.24, 2.45) is 0 Å². The lowest BCUT2D eigenvalue weighted by atomic mass is 10.0. The zero-order valence-corrected chi connectivity index (χ0v) is 16.8. The second kappa shape index (κ2) is 8.73. The van der Waals surface area contributed by atoms with Crippen molar-refractivity contribution in [1.82, 2.24) is 0 Å². The maximum Gasteiger partial charge on any atom is 0.460 e. The van der Waals surface area contributed by atoms with Gasteiger partial charge in [0.05, 0.1) is 10.0 Å². The lowest BCUT2D eigenvalue weighted by Gasteiger charge is -2.32. The molecule has 0 aromatic heterocycles. The van der Waals surface area contributed by atoms with Gasteiger partial charge in [0.2, 0.25) is 5.83 Å². The minimum atomic E-state index is -7.51. The van der Waals surface area contributed by atoms with Crippen LogP contribution in [0.25, 0.3) is 0 Å². The highest BCUT2D eigenvalue weighted by Crippen LogP contribution is 2.55. The van der Waals surface area contributed by atoms with E-state index in [1.165, 1.54) is 0 Å². The topological polar surface area (TPSA) is 43.4 Å². The lowest BCUT2D eigenvalue weighted by molar-refractivity contribution is -0.392. The molecular weight excluding hydrogens is 576 g/mol. The van der Waals surface area contributed by atoms with E-state index in [1.54, 1.807) is 0 Å². The molecule has 0 fully saturated rings. The summed E-state index contributed by atoms with van der Waals surface area (Å²) in [7, 11) is 0. The van der Waals surface area contributed by atoms with Crippen LogP contribution in [0.3, 0.4) is 0 Å². The molecule has 31 heavy (non-hydrogen) atoms. The first-order valence-corrected chi connectivity index (χ1v) is 8.42. The van der Waals surface area contributed by atoms with Gasteiger partial charge in [-0.2, -0.15) is 48.3 Å².